The normalized spacial score (nSPS) is 25.0. The Kier molecular flexibility index (Phi) is 4.62. The molecule has 0 aromatic rings. The summed E-state index contributed by atoms with van der Waals surface area (Å²) >= 11 is 0. The molecule has 1 saturated heterocycles. The van der Waals surface area contributed by atoms with Gasteiger partial charge in [-0.15, -0.1) is 0 Å². The van der Waals surface area contributed by atoms with E-state index in [4.69, 9.17) is 0 Å². The monoisotopic (exact) mass is 170 g/mol. The van der Waals surface area contributed by atoms with Gasteiger partial charge in [0.05, 0.1) is 0 Å². The van der Waals surface area contributed by atoms with E-state index in [9.17, 15) is 0 Å². The first kappa shape index (κ1) is 10.0. The molecule has 0 radical (unpaired) electrons. The van der Waals surface area contributed by atoms with E-state index < -0.39 is 0 Å². The second-order valence-corrected chi connectivity index (χ2v) is 3.64. The molecule has 2 heteroatoms. The molecule has 0 aliphatic carbocycles. The minimum atomic E-state index is 0.824. The summed E-state index contributed by atoms with van der Waals surface area (Å²) in [6.45, 7) is 9.36. The molecule has 1 heterocycles. The van der Waals surface area contributed by atoms with Crippen molar-refractivity contribution in [3.63, 3.8) is 0 Å². The fraction of sp³-hybridized carbons (Fsp3) is 1.00. The zero-order valence-corrected chi connectivity index (χ0v) is 8.47. The van der Waals surface area contributed by atoms with Gasteiger partial charge in [0.2, 0.25) is 0 Å². The van der Waals surface area contributed by atoms with Crippen LogP contribution >= 0.6 is 0 Å². The molecule has 0 bridgehead atoms. The summed E-state index contributed by atoms with van der Waals surface area (Å²) < 4.78 is 0. The minimum absolute atomic E-state index is 0.824. The van der Waals surface area contributed by atoms with Gasteiger partial charge in [0.15, 0.2) is 0 Å². The second kappa shape index (κ2) is 5.55. The van der Waals surface area contributed by atoms with Crippen molar-refractivity contribution in [3.8, 4) is 0 Å². The molecule has 0 amide bonds. The number of nitrogens with one attached hydrogen (secondary N) is 1. The lowest BCUT2D eigenvalue weighted by Crippen LogP contribution is -2.38. The number of likely N-dealkylation sites (tertiary alicyclic amines) is 1. The molecule has 2 nitrogen and oxygen atoms in total. The van der Waals surface area contributed by atoms with Crippen LogP contribution in [-0.2, 0) is 0 Å². The van der Waals surface area contributed by atoms with E-state index in [-0.39, 0.29) is 0 Å². The molecule has 1 atom stereocenters. The maximum Gasteiger partial charge on any atom is 0.0221 e. The van der Waals surface area contributed by atoms with Gasteiger partial charge in [0.1, 0.15) is 0 Å². The van der Waals surface area contributed by atoms with Crippen molar-refractivity contribution in [2.45, 2.75) is 39.2 Å². The number of hydrogen-bond acceptors (Lipinski definition) is 2. The number of likely N-dealkylation sites (N-methyl/N-ethyl adjacent to an activating group) is 1. The first-order valence-electron chi connectivity index (χ1n) is 5.33. The lowest BCUT2D eigenvalue weighted by molar-refractivity contribution is 0.249. The predicted molar refractivity (Wildman–Crippen MR) is 53.4 cm³/mol. The quantitative estimate of drug-likeness (QED) is 0.672. The summed E-state index contributed by atoms with van der Waals surface area (Å²) in [6.07, 6.45) is 4.09. The summed E-state index contributed by atoms with van der Waals surface area (Å²) in [5, 5.41) is 3.44. The number of rotatable bonds is 5. The fourth-order valence-electron chi connectivity index (χ4n) is 2.02. The van der Waals surface area contributed by atoms with Crippen LogP contribution in [0, 0.1) is 0 Å². The molecule has 1 N–H and O–H groups in total. The smallest absolute Gasteiger partial charge is 0.0221 e. The summed E-state index contributed by atoms with van der Waals surface area (Å²) in [5.74, 6) is 0. The molecule has 72 valence electrons. The Morgan fingerprint density at radius 3 is 2.92 bits per heavy atom. The van der Waals surface area contributed by atoms with E-state index in [2.05, 4.69) is 24.1 Å². The molecule has 0 aromatic heterocycles. The topological polar surface area (TPSA) is 15.3 Å². The van der Waals surface area contributed by atoms with Gasteiger partial charge in [0, 0.05) is 12.6 Å². The minimum Gasteiger partial charge on any atom is -0.315 e. The Hall–Kier alpha value is -0.0800. The van der Waals surface area contributed by atoms with Crippen molar-refractivity contribution < 1.29 is 0 Å². The molecule has 0 saturated carbocycles. The molecule has 1 fully saturated rings. The Labute approximate surface area is 76.3 Å². The van der Waals surface area contributed by atoms with Crippen molar-refractivity contribution in [3.05, 3.63) is 0 Å². The predicted octanol–water partition coefficient (Wildman–Crippen LogP) is 1.47. The van der Waals surface area contributed by atoms with Crippen LogP contribution in [0.3, 0.4) is 0 Å². The summed E-state index contributed by atoms with van der Waals surface area (Å²) in [5.41, 5.74) is 0. The zero-order chi connectivity index (χ0) is 8.81. The lowest BCUT2D eigenvalue weighted by atomic mass is 10.2. The Bertz CT molecular complexity index is 114. The SMILES string of the molecule is CCCN1CCC[C@@H]1CNCC. The van der Waals surface area contributed by atoms with Crippen LogP contribution in [0.4, 0.5) is 0 Å². The summed E-state index contributed by atoms with van der Waals surface area (Å²) in [4.78, 5) is 2.63. The number of nitrogens with zero attached hydrogens (tertiary/aromatic N) is 1. The van der Waals surface area contributed by atoms with Crippen LogP contribution in [-0.4, -0.2) is 37.1 Å². The van der Waals surface area contributed by atoms with Crippen LogP contribution in [0.1, 0.15) is 33.1 Å². The third kappa shape index (κ3) is 2.76. The Morgan fingerprint density at radius 2 is 2.25 bits per heavy atom. The maximum atomic E-state index is 3.44. The molecule has 1 aliphatic rings. The van der Waals surface area contributed by atoms with Crippen LogP contribution in [0.15, 0.2) is 0 Å². The van der Waals surface area contributed by atoms with Gasteiger partial charge in [-0.25, -0.2) is 0 Å². The van der Waals surface area contributed by atoms with Gasteiger partial charge in [-0.2, -0.15) is 0 Å². The van der Waals surface area contributed by atoms with Gasteiger partial charge < -0.3 is 5.32 Å². The fourth-order valence-corrected chi connectivity index (χ4v) is 2.02. The molecule has 0 aromatic carbocycles. The highest BCUT2D eigenvalue weighted by Gasteiger charge is 2.22. The average molecular weight is 170 g/mol. The molecule has 0 unspecified atom stereocenters. The highest BCUT2D eigenvalue weighted by atomic mass is 15.2. The van der Waals surface area contributed by atoms with Crippen molar-refractivity contribution in [1.82, 2.24) is 10.2 Å². The highest BCUT2D eigenvalue weighted by molar-refractivity contribution is 4.80. The molecule has 1 aliphatic heterocycles. The van der Waals surface area contributed by atoms with E-state index in [1.54, 1.807) is 0 Å². The van der Waals surface area contributed by atoms with Crippen LogP contribution in [0.2, 0.25) is 0 Å². The van der Waals surface area contributed by atoms with E-state index in [0.29, 0.717) is 0 Å². The number of hydrogen-bond donors (Lipinski definition) is 1. The molecule has 12 heavy (non-hydrogen) atoms. The van der Waals surface area contributed by atoms with Gasteiger partial charge in [-0.05, 0) is 38.9 Å². The first-order chi connectivity index (χ1) is 5.88. The summed E-state index contributed by atoms with van der Waals surface area (Å²) in [6, 6.07) is 0.824. The largest absolute Gasteiger partial charge is 0.315 e. The molecule has 1 rings (SSSR count). The Balaban J connectivity index is 2.20. The van der Waals surface area contributed by atoms with Gasteiger partial charge >= 0.3 is 0 Å². The van der Waals surface area contributed by atoms with Crippen LogP contribution < -0.4 is 5.32 Å². The average Bonchev–Trinajstić information content (AvgIpc) is 2.50. The van der Waals surface area contributed by atoms with Crippen molar-refractivity contribution >= 4 is 0 Å². The van der Waals surface area contributed by atoms with Gasteiger partial charge in [0.25, 0.3) is 0 Å². The lowest BCUT2D eigenvalue weighted by Gasteiger charge is -2.23. The van der Waals surface area contributed by atoms with Crippen molar-refractivity contribution in [1.29, 1.82) is 0 Å². The van der Waals surface area contributed by atoms with E-state index in [1.807, 2.05) is 0 Å². The first-order valence-corrected chi connectivity index (χ1v) is 5.33. The third-order valence-electron chi connectivity index (χ3n) is 2.64. The van der Waals surface area contributed by atoms with Crippen LogP contribution in [0.5, 0.6) is 0 Å². The van der Waals surface area contributed by atoms with Crippen molar-refractivity contribution in [2.75, 3.05) is 26.2 Å². The van der Waals surface area contributed by atoms with Gasteiger partial charge in [-0.1, -0.05) is 13.8 Å². The van der Waals surface area contributed by atoms with E-state index in [0.717, 1.165) is 12.6 Å². The van der Waals surface area contributed by atoms with E-state index >= 15 is 0 Å². The highest BCUT2D eigenvalue weighted by Crippen LogP contribution is 2.16. The maximum absolute atomic E-state index is 3.44. The standard InChI is InChI=1S/C10H22N2/c1-3-7-12-8-5-6-10(12)9-11-4-2/h10-11H,3-9H2,1-2H3/t10-/m1/s1. The van der Waals surface area contributed by atoms with Gasteiger partial charge in [-0.3, -0.25) is 4.90 Å². The van der Waals surface area contributed by atoms with Crippen molar-refractivity contribution in [2.24, 2.45) is 0 Å². The Morgan fingerprint density at radius 1 is 1.42 bits per heavy atom. The third-order valence-corrected chi connectivity index (χ3v) is 2.64. The van der Waals surface area contributed by atoms with E-state index in [1.165, 1.54) is 38.9 Å². The molecular weight excluding hydrogens is 148 g/mol. The molecular formula is C10H22N2. The molecule has 0 spiro atoms. The van der Waals surface area contributed by atoms with Crippen LogP contribution in [0.25, 0.3) is 0 Å². The second-order valence-electron chi connectivity index (χ2n) is 3.64. The summed E-state index contributed by atoms with van der Waals surface area (Å²) in [7, 11) is 0. The zero-order valence-electron chi connectivity index (χ0n) is 8.47.